The van der Waals surface area contributed by atoms with Crippen LogP contribution in [0.4, 0.5) is 0 Å². The van der Waals surface area contributed by atoms with Crippen molar-refractivity contribution in [3.05, 3.63) is 59.1 Å². The van der Waals surface area contributed by atoms with Gasteiger partial charge in [-0.1, -0.05) is 12.1 Å². The second-order valence-corrected chi connectivity index (χ2v) is 7.84. The molecule has 0 atom stereocenters. The van der Waals surface area contributed by atoms with Crippen LogP contribution < -0.4 is 10.6 Å². The summed E-state index contributed by atoms with van der Waals surface area (Å²) < 4.78 is 9.04. The molecule has 0 saturated heterocycles. The van der Waals surface area contributed by atoms with E-state index in [1.165, 1.54) is 5.56 Å². The van der Waals surface area contributed by atoms with Gasteiger partial charge in [-0.05, 0) is 38.1 Å². The highest BCUT2D eigenvalue weighted by Crippen LogP contribution is 2.31. The van der Waals surface area contributed by atoms with Crippen molar-refractivity contribution in [2.24, 2.45) is 12.0 Å². The summed E-state index contributed by atoms with van der Waals surface area (Å²) in [5.74, 6) is 2.33. The van der Waals surface area contributed by atoms with Crippen molar-refractivity contribution >= 4 is 27.5 Å². The largest absolute Gasteiger partial charge is 0.457 e. The molecule has 0 aliphatic heterocycles. The number of rotatable bonds is 5. The molecule has 0 aliphatic rings. The van der Waals surface area contributed by atoms with Crippen LogP contribution in [0, 0.1) is 13.8 Å². The lowest BCUT2D eigenvalue weighted by atomic mass is 10.2. The van der Waals surface area contributed by atoms with Crippen LogP contribution in [0.1, 0.15) is 22.7 Å². The van der Waals surface area contributed by atoms with Gasteiger partial charge in [-0.3, -0.25) is 9.67 Å². The van der Waals surface area contributed by atoms with Crippen molar-refractivity contribution in [3.8, 4) is 10.8 Å². The fraction of sp³-hybridized carbons (Fsp3) is 0.286. The third-order valence-corrected chi connectivity index (χ3v) is 5.96. The van der Waals surface area contributed by atoms with Crippen molar-refractivity contribution in [2.45, 2.75) is 26.9 Å². The van der Waals surface area contributed by atoms with E-state index in [1.807, 2.05) is 49.0 Å². The van der Waals surface area contributed by atoms with Crippen molar-refractivity contribution in [1.29, 1.82) is 0 Å². The van der Waals surface area contributed by atoms with E-state index in [0.717, 1.165) is 38.1 Å². The number of aryl methyl sites for hydroxylation is 2. The molecule has 0 aliphatic carbocycles. The molecular formula is C21H24N6OS. The summed E-state index contributed by atoms with van der Waals surface area (Å²) in [6.45, 7) is 5.29. The predicted molar refractivity (Wildman–Crippen MR) is 117 cm³/mol. The highest BCUT2D eigenvalue weighted by Gasteiger charge is 2.12. The zero-order valence-electron chi connectivity index (χ0n) is 17.0. The Labute approximate surface area is 173 Å². The number of hydrogen-bond acceptors (Lipinski definition) is 5. The van der Waals surface area contributed by atoms with Crippen LogP contribution in [-0.4, -0.2) is 27.8 Å². The normalized spacial score (nSPS) is 11.9. The number of guanidine groups is 1. The Morgan fingerprint density at radius 2 is 1.93 bits per heavy atom. The van der Waals surface area contributed by atoms with Crippen LogP contribution >= 0.6 is 11.3 Å². The van der Waals surface area contributed by atoms with Gasteiger partial charge in [-0.25, -0.2) is 4.98 Å². The van der Waals surface area contributed by atoms with Crippen molar-refractivity contribution in [2.75, 3.05) is 7.05 Å². The van der Waals surface area contributed by atoms with Gasteiger partial charge in [-0.15, -0.1) is 11.3 Å². The van der Waals surface area contributed by atoms with Crippen molar-refractivity contribution in [1.82, 2.24) is 25.4 Å². The zero-order valence-corrected chi connectivity index (χ0v) is 17.8. The molecule has 2 N–H and O–H groups in total. The zero-order chi connectivity index (χ0) is 20.4. The summed E-state index contributed by atoms with van der Waals surface area (Å²) in [4.78, 5) is 8.94. The average molecular weight is 409 g/mol. The number of hydrogen-bond donors (Lipinski definition) is 2. The second-order valence-electron chi connectivity index (χ2n) is 6.81. The Morgan fingerprint density at radius 3 is 2.66 bits per heavy atom. The number of thiazole rings is 1. The van der Waals surface area contributed by atoms with Crippen LogP contribution in [0.2, 0.25) is 0 Å². The molecule has 0 fully saturated rings. The minimum atomic E-state index is 0.537. The van der Waals surface area contributed by atoms with Crippen LogP contribution in [0.5, 0.6) is 0 Å². The molecule has 7 nitrogen and oxygen atoms in total. The topological polar surface area (TPSA) is 80.3 Å². The van der Waals surface area contributed by atoms with Crippen molar-refractivity contribution in [3.63, 3.8) is 0 Å². The third kappa shape index (κ3) is 4.02. The predicted octanol–water partition coefficient (Wildman–Crippen LogP) is 3.77. The third-order valence-electron chi connectivity index (χ3n) is 4.91. The molecule has 0 spiro atoms. The van der Waals surface area contributed by atoms with E-state index in [9.17, 15) is 0 Å². The first kappa shape index (κ1) is 19.2. The summed E-state index contributed by atoms with van der Waals surface area (Å²) in [7, 11) is 3.71. The summed E-state index contributed by atoms with van der Waals surface area (Å²) >= 11 is 1.63. The maximum atomic E-state index is 5.99. The number of nitrogens with one attached hydrogen (secondary N) is 2. The fourth-order valence-electron chi connectivity index (χ4n) is 3.20. The standard InChI is InChI=1S/C21H24N6OS/c1-13-16(14(2)27(4)26-13)12-24-21(22-3)23-11-15-9-10-18(28-15)20-25-17-7-5-6-8-19(17)29-20/h5-10H,11-12H2,1-4H3,(H2,22,23,24). The molecule has 0 unspecified atom stereocenters. The van der Waals surface area contributed by atoms with E-state index in [2.05, 4.69) is 38.7 Å². The molecule has 8 heteroatoms. The van der Waals surface area contributed by atoms with Crippen LogP contribution in [0.25, 0.3) is 21.0 Å². The number of fused-ring (bicyclic) bond motifs is 1. The molecule has 3 aromatic heterocycles. The minimum absolute atomic E-state index is 0.537. The van der Waals surface area contributed by atoms with E-state index >= 15 is 0 Å². The smallest absolute Gasteiger partial charge is 0.191 e. The molecule has 3 heterocycles. The highest BCUT2D eigenvalue weighted by atomic mass is 32.1. The quantitative estimate of drug-likeness (QED) is 0.388. The first-order valence-electron chi connectivity index (χ1n) is 9.43. The molecular weight excluding hydrogens is 384 g/mol. The molecule has 0 saturated carbocycles. The van der Waals surface area contributed by atoms with Gasteiger partial charge in [0.25, 0.3) is 0 Å². The van der Waals surface area contributed by atoms with Crippen molar-refractivity contribution < 1.29 is 4.42 Å². The highest BCUT2D eigenvalue weighted by molar-refractivity contribution is 7.21. The maximum absolute atomic E-state index is 5.99. The number of furan rings is 1. The molecule has 0 radical (unpaired) electrons. The monoisotopic (exact) mass is 408 g/mol. The van der Waals surface area contributed by atoms with Gasteiger partial charge >= 0.3 is 0 Å². The van der Waals surface area contributed by atoms with Gasteiger partial charge in [0.1, 0.15) is 5.76 Å². The summed E-state index contributed by atoms with van der Waals surface area (Å²) in [5.41, 5.74) is 4.36. The SMILES string of the molecule is CN=C(NCc1ccc(-c2nc3ccccc3s2)o1)NCc1c(C)nn(C)c1C. The van der Waals surface area contributed by atoms with Crippen LogP contribution in [-0.2, 0) is 20.1 Å². The molecule has 4 rings (SSSR count). The molecule has 0 amide bonds. The summed E-state index contributed by atoms with van der Waals surface area (Å²) in [6, 6.07) is 12.0. The minimum Gasteiger partial charge on any atom is -0.457 e. The van der Waals surface area contributed by atoms with Crippen LogP contribution in [0.15, 0.2) is 45.8 Å². The fourth-order valence-corrected chi connectivity index (χ4v) is 4.13. The summed E-state index contributed by atoms with van der Waals surface area (Å²) in [5, 5.41) is 12.0. The van der Waals surface area contributed by atoms with E-state index in [0.29, 0.717) is 19.0 Å². The lowest BCUT2D eigenvalue weighted by molar-refractivity contribution is 0.513. The van der Waals surface area contributed by atoms with Gasteiger partial charge < -0.3 is 15.1 Å². The number of benzene rings is 1. The molecule has 4 aromatic rings. The molecule has 0 bridgehead atoms. The van der Waals surface area contributed by atoms with E-state index in [1.54, 1.807) is 18.4 Å². The number of nitrogens with zero attached hydrogens (tertiary/aromatic N) is 4. The number of aliphatic imine (C=N–C) groups is 1. The lowest BCUT2D eigenvalue weighted by Crippen LogP contribution is -2.36. The van der Waals surface area contributed by atoms with E-state index in [4.69, 9.17) is 4.42 Å². The van der Waals surface area contributed by atoms with E-state index < -0.39 is 0 Å². The Balaban J connectivity index is 1.38. The first-order valence-corrected chi connectivity index (χ1v) is 10.2. The Bertz CT molecular complexity index is 1140. The van der Waals surface area contributed by atoms with Gasteiger partial charge in [0.15, 0.2) is 16.7 Å². The van der Waals surface area contributed by atoms with Crippen LogP contribution in [0.3, 0.4) is 0 Å². The maximum Gasteiger partial charge on any atom is 0.191 e. The van der Waals surface area contributed by atoms with Gasteiger partial charge in [-0.2, -0.15) is 5.10 Å². The van der Waals surface area contributed by atoms with Gasteiger partial charge in [0, 0.05) is 31.9 Å². The molecule has 150 valence electrons. The number of aromatic nitrogens is 3. The first-order chi connectivity index (χ1) is 14.0. The Kier molecular flexibility index (Phi) is 5.35. The van der Waals surface area contributed by atoms with Gasteiger partial charge in [0.2, 0.25) is 0 Å². The van der Waals surface area contributed by atoms with E-state index in [-0.39, 0.29) is 0 Å². The average Bonchev–Trinajstić information content (AvgIpc) is 3.41. The Morgan fingerprint density at radius 1 is 1.14 bits per heavy atom. The summed E-state index contributed by atoms with van der Waals surface area (Å²) in [6.07, 6.45) is 0. The Hall–Kier alpha value is -3.13. The number of para-hydroxylation sites is 1. The second kappa shape index (κ2) is 8.08. The van der Waals surface area contributed by atoms with Gasteiger partial charge in [0.05, 0.1) is 22.5 Å². The molecule has 29 heavy (non-hydrogen) atoms. The lowest BCUT2D eigenvalue weighted by Gasteiger charge is -2.11. The molecule has 1 aromatic carbocycles.